The second-order valence-corrected chi connectivity index (χ2v) is 5.92. The van der Waals surface area contributed by atoms with Gasteiger partial charge < -0.3 is 9.38 Å². The molecule has 1 saturated heterocycles. The summed E-state index contributed by atoms with van der Waals surface area (Å²) < 4.78 is 1.99. The maximum Gasteiger partial charge on any atom is 0.183 e. The van der Waals surface area contributed by atoms with E-state index in [2.05, 4.69) is 22.9 Å². The maximum absolute atomic E-state index is 11.2. The molecule has 0 bridgehead atoms. The first-order valence-electron chi connectivity index (χ1n) is 6.09. The van der Waals surface area contributed by atoms with E-state index in [1.165, 1.54) is 30.0 Å². The molecule has 0 amide bonds. The minimum Gasteiger partial charge on any atom is -0.343 e. The summed E-state index contributed by atoms with van der Waals surface area (Å²) in [5.41, 5.74) is 2.21. The van der Waals surface area contributed by atoms with Crippen LogP contribution in [0.5, 0.6) is 0 Å². The van der Waals surface area contributed by atoms with E-state index in [1.54, 1.807) is 12.1 Å². The number of rotatable bonds is 2. The molecule has 0 aromatic carbocycles. The highest BCUT2D eigenvalue weighted by molar-refractivity contribution is 7.99. The number of fused-ring (bicyclic) bond motifs is 1. The van der Waals surface area contributed by atoms with Crippen LogP contribution in [-0.4, -0.2) is 20.9 Å². The summed E-state index contributed by atoms with van der Waals surface area (Å²) in [5, 5.41) is 0. The van der Waals surface area contributed by atoms with E-state index < -0.39 is 0 Å². The van der Waals surface area contributed by atoms with Crippen molar-refractivity contribution in [3.05, 3.63) is 40.4 Å². The largest absolute Gasteiger partial charge is 0.343 e. The summed E-state index contributed by atoms with van der Waals surface area (Å²) in [6, 6.07) is 3.25. The molecular weight excluding hydrogens is 232 g/mol. The van der Waals surface area contributed by atoms with Gasteiger partial charge in [-0.25, -0.2) is 0 Å². The molecule has 0 saturated carbocycles. The van der Waals surface area contributed by atoms with Gasteiger partial charge in [-0.1, -0.05) is 0 Å². The minimum absolute atomic E-state index is 0.0625. The van der Waals surface area contributed by atoms with E-state index in [4.69, 9.17) is 0 Å². The highest BCUT2D eigenvalue weighted by Gasteiger charge is 2.15. The van der Waals surface area contributed by atoms with Gasteiger partial charge in [-0.15, -0.1) is 0 Å². The Hall–Kier alpha value is -1.16. The second kappa shape index (κ2) is 4.61. The lowest BCUT2D eigenvalue weighted by atomic mass is 9.97. The monoisotopic (exact) mass is 248 g/mol. The van der Waals surface area contributed by atoms with Gasteiger partial charge in [0.15, 0.2) is 5.43 Å². The van der Waals surface area contributed by atoms with Gasteiger partial charge in [0.2, 0.25) is 0 Å². The van der Waals surface area contributed by atoms with Crippen molar-refractivity contribution in [1.82, 2.24) is 9.38 Å². The molecule has 0 atom stereocenters. The molecule has 3 rings (SSSR count). The molecule has 1 N–H and O–H groups in total. The Labute approximate surface area is 104 Å². The lowest BCUT2D eigenvalue weighted by molar-refractivity contribution is 0.483. The Morgan fingerprint density at radius 2 is 2.24 bits per heavy atom. The van der Waals surface area contributed by atoms with Gasteiger partial charge in [-0.05, 0) is 36.7 Å². The van der Waals surface area contributed by atoms with Crippen molar-refractivity contribution in [2.75, 3.05) is 11.5 Å². The zero-order valence-electron chi connectivity index (χ0n) is 9.69. The minimum atomic E-state index is 0.0625. The molecule has 0 unspecified atom stereocenters. The van der Waals surface area contributed by atoms with E-state index in [-0.39, 0.29) is 5.43 Å². The number of nitrogens with one attached hydrogen (secondary N) is 1. The van der Waals surface area contributed by atoms with Gasteiger partial charge in [0.1, 0.15) is 5.65 Å². The predicted octanol–water partition coefficient (Wildman–Crippen LogP) is 2.31. The standard InChI is InChI=1S/C13H16N2OS/c16-12-1-4-15-9-11(14-13(15)8-12)7-10-2-5-17-6-3-10/h1,4,8-10,14H,2-3,5-7H2. The van der Waals surface area contributed by atoms with Gasteiger partial charge in [0, 0.05) is 30.2 Å². The van der Waals surface area contributed by atoms with E-state index >= 15 is 0 Å². The molecule has 4 heteroatoms. The molecule has 1 fully saturated rings. The van der Waals surface area contributed by atoms with Crippen molar-refractivity contribution in [2.45, 2.75) is 19.3 Å². The summed E-state index contributed by atoms with van der Waals surface area (Å²) >= 11 is 2.06. The summed E-state index contributed by atoms with van der Waals surface area (Å²) in [4.78, 5) is 14.6. The van der Waals surface area contributed by atoms with Gasteiger partial charge in [0.05, 0.1) is 0 Å². The average Bonchev–Trinajstić information content (AvgIpc) is 2.71. The Morgan fingerprint density at radius 1 is 1.41 bits per heavy atom. The molecule has 0 aliphatic carbocycles. The van der Waals surface area contributed by atoms with Crippen LogP contribution in [0.3, 0.4) is 0 Å². The maximum atomic E-state index is 11.2. The summed E-state index contributed by atoms with van der Waals surface area (Å²) in [6.07, 6.45) is 7.68. The summed E-state index contributed by atoms with van der Waals surface area (Å²) in [6.45, 7) is 0. The first kappa shape index (κ1) is 11.0. The normalized spacial score (nSPS) is 17.6. The fourth-order valence-electron chi connectivity index (χ4n) is 2.43. The summed E-state index contributed by atoms with van der Waals surface area (Å²) in [7, 11) is 0. The van der Waals surface area contributed by atoms with Crippen molar-refractivity contribution >= 4 is 17.4 Å². The molecule has 17 heavy (non-hydrogen) atoms. The fourth-order valence-corrected chi connectivity index (χ4v) is 3.64. The first-order chi connectivity index (χ1) is 8.31. The molecule has 0 radical (unpaired) electrons. The second-order valence-electron chi connectivity index (χ2n) is 4.69. The van der Waals surface area contributed by atoms with Crippen LogP contribution < -0.4 is 5.43 Å². The lowest BCUT2D eigenvalue weighted by Gasteiger charge is -2.20. The highest BCUT2D eigenvalue weighted by Crippen LogP contribution is 2.25. The number of hydrogen-bond donors (Lipinski definition) is 1. The average molecular weight is 248 g/mol. The van der Waals surface area contributed by atoms with Crippen molar-refractivity contribution in [3.8, 4) is 0 Å². The van der Waals surface area contributed by atoms with Gasteiger partial charge in [0.25, 0.3) is 0 Å². The molecule has 3 heterocycles. The highest BCUT2D eigenvalue weighted by atomic mass is 32.2. The number of nitrogens with zero attached hydrogens (tertiary/aromatic N) is 1. The molecule has 2 aromatic rings. The van der Waals surface area contributed by atoms with Crippen LogP contribution >= 0.6 is 11.8 Å². The topological polar surface area (TPSA) is 37.3 Å². The van der Waals surface area contributed by atoms with Crippen LogP contribution in [0.2, 0.25) is 0 Å². The lowest BCUT2D eigenvalue weighted by Crippen LogP contribution is -2.12. The molecule has 1 aliphatic rings. The fraction of sp³-hybridized carbons (Fsp3) is 0.462. The van der Waals surface area contributed by atoms with Gasteiger partial charge >= 0.3 is 0 Å². The SMILES string of the molecule is O=c1ccn2cc(CC3CCSCC3)[nH]c2c1. The quantitative estimate of drug-likeness (QED) is 0.885. The van der Waals surface area contributed by atoms with Crippen molar-refractivity contribution < 1.29 is 0 Å². The number of pyridine rings is 1. The van der Waals surface area contributed by atoms with Gasteiger partial charge in [-0.3, -0.25) is 4.79 Å². The van der Waals surface area contributed by atoms with Crippen molar-refractivity contribution in [2.24, 2.45) is 5.92 Å². The molecule has 0 spiro atoms. The molecule has 1 aliphatic heterocycles. The first-order valence-corrected chi connectivity index (χ1v) is 7.24. The number of aromatic amines is 1. The molecular formula is C13H16N2OS. The number of thioether (sulfide) groups is 1. The Balaban J connectivity index is 1.82. The van der Waals surface area contributed by atoms with Crippen LogP contribution in [0.15, 0.2) is 29.3 Å². The smallest absolute Gasteiger partial charge is 0.183 e. The number of hydrogen-bond acceptors (Lipinski definition) is 2. The Bertz CT molecular complexity index is 566. The van der Waals surface area contributed by atoms with E-state index in [0.717, 1.165) is 18.0 Å². The third kappa shape index (κ3) is 2.41. The molecule has 2 aromatic heterocycles. The third-order valence-corrected chi connectivity index (χ3v) is 4.44. The number of imidazole rings is 1. The Morgan fingerprint density at radius 3 is 3.06 bits per heavy atom. The number of aromatic nitrogens is 2. The van der Waals surface area contributed by atoms with Crippen molar-refractivity contribution in [1.29, 1.82) is 0 Å². The van der Waals surface area contributed by atoms with E-state index in [1.807, 2.05) is 10.6 Å². The zero-order valence-corrected chi connectivity index (χ0v) is 10.5. The summed E-state index contributed by atoms with van der Waals surface area (Å²) in [5.74, 6) is 3.39. The molecule has 3 nitrogen and oxygen atoms in total. The van der Waals surface area contributed by atoms with Crippen LogP contribution in [0.4, 0.5) is 0 Å². The van der Waals surface area contributed by atoms with E-state index in [9.17, 15) is 4.79 Å². The Kier molecular flexibility index (Phi) is 2.97. The third-order valence-electron chi connectivity index (χ3n) is 3.39. The van der Waals surface area contributed by atoms with Crippen molar-refractivity contribution in [3.63, 3.8) is 0 Å². The van der Waals surface area contributed by atoms with Gasteiger partial charge in [-0.2, -0.15) is 11.8 Å². The molecule has 90 valence electrons. The van der Waals surface area contributed by atoms with Crippen LogP contribution in [0.25, 0.3) is 5.65 Å². The zero-order chi connectivity index (χ0) is 11.7. The van der Waals surface area contributed by atoms with E-state index in [0.29, 0.717) is 0 Å². The van der Waals surface area contributed by atoms with Crippen LogP contribution in [0.1, 0.15) is 18.5 Å². The predicted molar refractivity (Wildman–Crippen MR) is 71.8 cm³/mol. The van der Waals surface area contributed by atoms with Crippen LogP contribution in [0, 0.1) is 5.92 Å². The van der Waals surface area contributed by atoms with Crippen LogP contribution in [-0.2, 0) is 6.42 Å². The number of H-pyrrole nitrogens is 1.